The lowest BCUT2D eigenvalue weighted by Crippen LogP contribution is -2.50. The SMILES string of the molecule is CC(c1cc(Cl)ccc1C(F)(F)F)N1CCC2(CCc3ccc([C@H](C4CC4)[C@H](C)C(=O)O)cc3O2)CC1.CC(c1cc(Cl)ccc1C(F)(F)F)N1CCC2(CCc3ccc([C@H](C4CC4)[C@H](C)C(=O)O)cc3O2)CC1.CC(c1cc(Cl)ccc1C(F)(F)F)N1CCC2(CCc3ccc([C@H](C4CC4)[C@H](C)C(=O)O)cc3O2)CC1.CSF. The Hall–Kier alpha value is -6.47. The fraction of sp³-hybridized carbons (Fsp3) is 0.557. The van der Waals surface area contributed by atoms with Crippen molar-refractivity contribution in [3.63, 3.8) is 0 Å². The first kappa shape index (κ1) is 86.9. The van der Waals surface area contributed by atoms with E-state index in [-0.39, 0.29) is 63.4 Å². The molecule has 0 amide bonds. The van der Waals surface area contributed by atoms with Gasteiger partial charge in [-0.05, 0) is 295 Å². The van der Waals surface area contributed by atoms with Gasteiger partial charge in [0, 0.05) is 90.9 Å². The van der Waals surface area contributed by atoms with Gasteiger partial charge in [0.25, 0.3) is 0 Å². The molecule has 0 aromatic heterocycles. The second-order valence-corrected chi connectivity index (χ2v) is 35.0. The molecule has 6 aromatic rings. The Bertz CT molecular complexity index is 3980. The van der Waals surface area contributed by atoms with Crippen molar-refractivity contribution in [1.82, 2.24) is 14.7 Å². The van der Waals surface area contributed by atoms with Crippen molar-refractivity contribution in [3.05, 3.63) is 191 Å². The molecular formula is C88H102Cl3F10N3O9S. The summed E-state index contributed by atoms with van der Waals surface area (Å²) in [6.07, 6.45) is 3.97. The number of carboxylic acid groups (broad SMARTS) is 3. The van der Waals surface area contributed by atoms with Crippen molar-refractivity contribution in [3.8, 4) is 17.2 Å². The normalized spacial score (nSPS) is 21.7. The number of alkyl halides is 9. The van der Waals surface area contributed by atoms with E-state index < -0.39 is 89.0 Å². The van der Waals surface area contributed by atoms with Crippen LogP contribution in [0.1, 0.15) is 240 Å². The zero-order valence-electron chi connectivity index (χ0n) is 65.2. The molecule has 3 N–H and O–H groups in total. The van der Waals surface area contributed by atoms with Crippen LogP contribution >= 0.6 is 47.0 Å². The minimum absolute atomic E-state index is 0.0208. The van der Waals surface area contributed by atoms with Gasteiger partial charge in [-0.25, -0.2) is 0 Å². The lowest BCUT2D eigenvalue weighted by atomic mass is 9.80. The molecule has 6 aliphatic heterocycles. The standard InChI is InChI=1S/3C29H33ClF3NO3.CH3FS/c3*1-17(27(35)36)26(20-4-5-20)21-6-3-19-9-10-28(37-25(19)15-21)11-13-34(14-12-28)18(2)23-16-22(30)7-8-24(23)29(31,32)33;1-3-2/h3*3,6-8,15-18,20,26H,4-5,9-14H2,1-2H3,(H,35,36);1H3/t3*17-,18?,26-;/m000./s1. The van der Waals surface area contributed by atoms with Gasteiger partial charge >= 0.3 is 36.4 Å². The third kappa shape index (κ3) is 20.1. The van der Waals surface area contributed by atoms with E-state index in [0.717, 1.165) is 184 Å². The zero-order chi connectivity index (χ0) is 82.3. The van der Waals surface area contributed by atoms with Crippen LogP contribution in [0.5, 0.6) is 17.2 Å². The number of hydrogen-bond donors (Lipinski definition) is 3. The summed E-state index contributed by atoms with van der Waals surface area (Å²) in [5.41, 5.74) is 4.13. The fourth-order valence-corrected chi connectivity index (χ4v) is 19.5. The summed E-state index contributed by atoms with van der Waals surface area (Å²) in [7, 11) is 0. The number of hydrogen-bond acceptors (Lipinski definition) is 10. The largest absolute Gasteiger partial charge is 0.487 e. The van der Waals surface area contributed by atoms with Crippen LogP contribution in [-0.2, 0) is 52.2 Å². The molecule has 9 atom stereocenters. The first-order valence-electron chi connectivity index (χ1n) is 39.9. The Morgan fingerprint density at radius 3 is 0.825 bits per heavy atom. The average Bonchev–Trinajstić information content (AvgIpc) is 1.42. The number of fused-ring (bicyclic) bond motifs is 3. The maximum atomic E-state index is 13.7. The van der Waals surface area contributed by atoms with E-state index in [0.29, 0.717) is 72.1 Å². The van der Waals surface area contributed by atoms with Crippen molar-refractivity contribution in [2.45, 2.75) is 228 Å². The van der Waals surface area contributed by atoms with Gasteiger partial charge in [0.05, 0.1) is 34.4 Å². The molecule has 114 heavy (non-hydrogen) atoms. The fourth-order valence-electron chi connectivity index (χ4n) is 18.9. The summed E-state index contributed by atoms with van der Waals surface area (Å²) in [6, 6.07) is 28.7. The van der Waals surface area contributed by atoms with Gasteiger partial charge in [-0.1, -0.05) is 92.0 Å². The van der Waals surface area contributed by atoms with E-state index in [9.17, 15) is 73.1 Å². The summed E-state index contributed by atoms with van der Waals surface area (Å²) in [5, 5.41) is 29.8. The van der Waals surface area contributed by atoms with Crippen LogP contribution in [0.4, 0.5) is 43.4 Å². The Labute approximate surface area is 680 Å². The topological polar surface area (TPSA) is 149 Å². The number of carbonyl (C=O) groups is 3. The molecule has 3 saturated carbocycles. The van der Waals surface area contributed by atoms with Crippen molar-refractivity contribution in [2.24, 2.45) is 35.5 Å². The van der Waals surface area contributed by atoms with Crippen LogP contribution < -0.4 is 14.2 Å². The Balaban J connectivity index is 0.000000155. The summed E-state index contributed by atoms with van der Waals surface area (Å²) in [5.74, 6) is -0.0487. The van der Waals surface area contributed by atoms with E-state index in [1.165, 1.54) is 42.7 Å². The third-order valence-corrected chi connectivity index (χ3v) is 26.9. The van der Waals surface area contributed by atoms with Gasteiger partial charge in [-0.15, -0.1) is 0 Å². The van der Waals surface area contributed by atoms with Gasteiger partial charge in [0.15, 0.2) is 0 Å². The van der Waals surface area contributed by atoms with E-state index in [4.69, 9.17) is 49.0 Å². The summed E-state index contributed by atoms with van der Waals surface area (Å²) in [4.78, 5) is 41.5. The minimum atomic E-state index is -4.43. The molecule has 6 heterocycles. The van der Waals surface area contributed by atoms with Crippen LogP contribution in [0, 0.1) is 35.5 Å². The smallest absolute Gasteiger partial charge is 0.416 e. The van der Waals surface area contributed by atoms with E-state index in [2.05, 4.69) is 69.3 Å². The van der Waals surface area contributed by atoms with Gasteiger partial charge in [0.2, 0.25) is 0 Å². The molecule has 620 valence electrons. The van der Waals surface area contributed by atoms with E-state index in [1.54, 1.807) is 20.8 Å². The highest BCUT2D eigenvalue weighted by Crippen LogP contribution is 2.54. The molecule has 6 fully saturated rings. The number of aryl methyl sites for hydroxylation is 3. The van der Waals surface area contributed by atoms with Gasteiger partial charge in [-0.3, -0.25) is 29.1 Å². The number of rotatable bonds is 18. The van der Waals surface area contributed by atoms with Gasteiger partial charge in [0.1, 0.15) is 34.1 Å². The average molecular weight is 1670 g/mol. The van der Waals surface area contributed by atoms with Crippen LogP contribution in [-0.4, -0.2) is 110 Å². The second kappa shape index (κ2) is 35.2. The molecule has 26 heteroatoms. The number of carboxylic acids is 3. The van der Waals surface area contributed by atoms with Crippen molar-refractivity contribution in [1.29, 1.82) is 0 Å². The number of nitrogens with zero attached hydrogens (tertiary/aromatic N) is 3. The molecule has 9 aliphatic rings. The molecule has 6 aromatic carbocycles. The first-order chi connectivity index (χ1) is 53.8. The summed E-state index contributed by atoms with van der Waals surface area (Å²) >= 11 is 18.5. The maximum absolute atomic E-state index is 13.7. The maximum Gasteiger partial charge on any atom is 0.416 e. The molecule has 12 nitrogen and oxygen atoms in total. The van der Waals surface area contributed by atoms with Gasteiger partial charge < -0.3 is 29.5 Å². The highest BCUT2D eigenvalue weighted by molar-refractivity contribution is 7.93. The number of halogens is 13. The highest BCUT2D eigenvalue weighted by atomic mass is 35.5. The zero-order valence-corrected chi connectivity index (χ0v) is 68.3. The molecule has 15 rings (SSSR count). The Morgan fingerprint density at radius 1 is 0.395 bits per heavy atom. The molecule has 0 radical (unpaired) electrons. The van der Waals surface area contributed by atoms with Crippen molar-refractivity contribution in [2.75, 3.05) is 45.5 Å². The molecule has 3 saturated heterocycles. The molecule has 3 unspecified atom stereocenters. The molecule has 3 spiro atoms. The second-order valence-electron chi connectivity index (χ2n) is 33.4. The van der Waals surface area contributed by atoms with E-state index in [1.807, 2.05) is 20.8 Å². The Morgan fingerprint density at radius 2 is 0.623 bits per heavy atom. The minimum Gasteiger partial charge on any atom is -0.487 e. The lowest BCUT2D eigenvalue weighted by molar-refractivity contribution is -0.143. The molecular weight excluding hydrogens is 1570 g/mol. The predicted octanol–water partition coefficient (Wildman–Crippen LogP) is 23.7. The Kier molecular flexibility index (Phi) is 26.8. The third-order valence-electron chi connectivity index (χ3n) is 26.2. The molecule has 0 bridgehead atoms. The van der Waals surface area contributed by atoms with E-state index >= 15 is 0 Å². The van der Waals surface area contributed by atoms with Crippen molar-refractivity contribution < 1.29 is 87.3 Å². The van der Waals surface area contributed by atoms with Gasteiger partial charge in [-0.2, -0.15) is 43.4 Å². The number of benzene rings is 6. The summed E-state index contributed by atoms with van der Waals surface area (Å²) < 4.78 is 153. The van der Waals surface area contributed by atoms with Crippen LogP contribution in [0.2, 0.25) is 15.1 Å². The number of aliphatic carboxylic acids is 3. The van der Waals surface area contributed by atoms with Crippen LogP contribution in [0.3, 0.4) is 0 Å². The predicted molar refractivity (Wildman–Crippen MR) is 423 cm³/mol. The number of ether oxygens (including phenoxy) is 3. The monoisotopic (exact) mass is 1670 g/mol. The number of likely N-dealkylation sites (tertiary alicyclic amines) is 3. The quantitative estimate of drug-likeness (QED) is 0.0702. The lowest BCUT2D eigenvalue weighted by Gasteiger charge is -2.46. The first-order valence-corrected chi connectivity index (χ1v) is 42.2. The molecule has 3 aliphatic carbocycles. The van der Waals surface area contributed by atoms with Crippen LogP contribution in [0.25, 0.3) is 0 Å². The van der Waals surface area contributed by atoms with Crippen LogP contribution in [0.15, 0.2) is 109 Å². The number of piperidine rings is 3. The highest BCUT2D eigenvalue weighted by Gasteiger charge is 2.49. The summed E-state index contributed by atoms with van der Waals surface area (Å²) in [6.45, 7) is 14.5. The van der Waals surface area contributed by atoms with Crippen molar-refractivity contribution >= 4 is 64.9 Å².